The molecule has 132 valence electrons. The number of fused-ring (bicyclic) bond motifs is 1. The van der Waals surface area contributed by atoms with E-state index in [1.807, 2.05) is 11.1 Å². The summed E-state index contributed by atoms with van der Waals surface area (Å²) in [4.78, 5) is 23.6. The molecule has 0 unspecified atom stereocenters. The predicted octanol–water partition coefficient (Wildman–Crippen LogP) is 3.38. The molecule has 2 aliphatic rings. The Balaban J connectivity index is 1.30. The Labute approximate surface area is 155 Å². The first-order valence-corrected chi connectivity index (χ1v) is 9.94. The Kier molecular flexibility index (Phi) is 3.89. The Morgan fingerprint density at radius 2 is 1.96 bits per heavy atom. The van der Waals surface area contributed by atoms with Crippen molar-refractivity contribution in [3.8, 4) is 0 Å². The van der Waals surface area contributed by atoms with Crippen LogP contribution < -0.4 is 0 Å². The average molecular weight is 365 g/mol. The molecular formula is C19H19N5OS. The maximum absolute atomic E-state index is 12.4. The maximum atomic E-state index is 12.4. The lowest BCUT2D eigenvalue weighted by Gasteiger charge is -2.31. The Bertz CT molecular complexity index is 946. The zero-order valence-electron chi connectivity index (χ0n) is 14.3. The van der Waals surface area contributed by atoms with Crippen LogP contribution in [0.15, 0.2) is 29.8 Å². The minimum atomic E-state index is -0.0158. The number of hydrogen-bond donors (Lipinski definition) is 0. The fourth-order valence-electron chi connectivity index (χ4n) is 3.71. The number of carbonyl (C=O) groups excluding carboxylic acids is 1. The molecule has 0 N–H and O–H groups in total. The SMILES string of the molecule is O=C(c1csnn1)N1CCC(c2ccc3cc(C4CC4)cnc3n2)CC1. The van der Waals surface area contributed by atoms with Crippen molar-refractivity contribution in [2.24, 2.45) is 0 Å². The van der Waals surface area contributed by atoms with Crippen molar-refractivity contribution < 1.29 is 4.79 Å². The number of likely N-dealkylation sites (tertiary alicyclic amines) is 1. The monoisotopic (exact) mass is 365 g/mol. The minimum absolute atomic E-state index is 0.0158. The lowest BCUT2D eigenvalue weighted by molar-refractivity contribution is 0.0706. The number of nitrogens with zero attached hydrogens (tertiary/aromatic N) is 5. The molecule has 0 bridgehead atoms. The van der Waals surface area contributed by atoms with Gasteiger partial charge in [-0.2, -0.15) is 0 Å². The molecule has 6 nitrogen and oxygen atoms in total. The van der Waals surface area contributed by atoms with E-state index in [1.165, 1.54) is 29.9 Å². The highest BCUT2D eigenvalue weighted by Gasteiger charge is 2.27. The van der Waals surface area contributed by atoms with Gasteiger partial charge in [0, 0.05) is 41.7 Å². The van der Waals surface area contributed by atoms with Crippen molar-refractivity contribution in [1.29, 1.82) is 0 Å². The molecule has 3 aromatic heterocycles. The molecule has 1 saturated carbocycles. The Morgan fingerprint density at radius 3 is 2.69 bits per heavy atom. The molecule has 5 rings (SSSR count). The third-order valence-corrected chi connectivity index (χ3v) is 5.92. The lowest BCUT2D eigenvalue weighted by atomic mass is 9.92. The average Bonchev–Trinajstić information content (AvgIpc) is 3.41. The van der Waals surface area contributed by atoms with Crippen LogP contribution in [-0.4, -0.2) is 43.5 Å². The van der Waals surface area contributed by atoms with Gasteiger partial charge in [-0.25, -0.2) is 9.97 Å². The highest BCUT2D eigenvalue weighted by atomic mass is 32.1. The van der Waals surface area contributed by atoms with E-state index in [0.717, 1.165) is 42.7 Å². The fraction of sp³-hybridized carbons (Fsp3) is 0.421. The first-order chi connectivity index (χ1) is 12.8. The van der Waals surface area contributed by atoms with E-state index in [2.05, 4.69) is 32.8 Å². The molecule has 0 aromatic carbocycles. The summed E-state index contributed by atoms with van der Waals surface area (Å²) in [6.45, 7) is 1.46. The van der Waals surface area contributed by atoms with Gasteiger partial charge in [-0.3, -0.25) is 4.79 Å². The summed E-state index contributed by atoms with van der Waals surface area (Å²) in [6.07, 6.45) is 6.39. The van der Waals surface area contributed by atoms with Gasteiger partial charge in [-0.1, -0.05) is 4.49 Å². The molecule has 4 heterocycles. The van der Waals surface area contributed by atoms with Gasteiger partial charge in [0.25, 0.3) is 5.91 Å². The topological polar surface area (TPSA) is 71.9 Å². The zero-order valence-corrected chi connectivity index (χ0v) is 15.2. The molecule has 1 amide bonds. The summed E-state index contributed by atoms with van der Waals surface area (Å²) >= 11 is 1.21. The van der Waals surface area contributed by atoms with Crippen LogP contribution in [0.1, 0.15) is 59.3 Å². The van der Waals surface area contributed by atoms with Crippen molar-refractivity contribution in [2.75, 3.05) is 13.1 Å². The Hall–Kier alpha value is -2.41. The first kappa shape index (κ1) is 15.8. The van der Waals surface area contributed by atoms with Crippen molar-refractivity contribution in [1.82, 2.24) is 24.5 Å². The van der Waals surface area contributed by atoms with Gasteiger partial charge >= 0.3 is 0 Å². The standard InChI is InChI=1S/C19H19N5OS/c25-19(17-11-26-23-22-17)24-7-5-13(6-8-24)16-4-3-14-9-15(12-1-2-12)10-20-18(14)21-16/h3-4,9-13H,1-2,5-8H2. The van der Waals surface area contributed by atoms with Crippen LogP contribution in [0.25, 0.3) is 11.0 Å². The van der Waals surface area contributed by atoms with Gasteiger partial charge in [0.1, 0.15) is 0 Å². The van der Waals surface area contributed by atoms with Crippen molar-refractivity contribution in [2.45, 2.75) is 37.5 Å². The summed E-state index contributed by atoms with van der Waals surface area (Å²) in [5.41, 5.74) is 3.72. The molecule has 0 spiro atoms. The molecule has 1 aliphatic heterocycles. The number of aromatic nitrogens is 4. The van der Waals surface area contributed by atoms with Gasteiger partial charge in [0.05, 0.1) is 0 Å². The van der Waals surface area contributed by atoms with Crippen LogP contribution >= 0.6 is 11.5 Å². The number of hydrogen-bond acceptors (Lipinski definition) is 6. The second kappa shape index (κ2) is 6.39. The van der Waals surface area contributed by atoms with E-state index in [4.69, 9.17) is 4.98 Å². The minimum Gasteiger partial charge on any atom is -0.337 e. The second-order valence-corrected chi connectivity index (χ2v) is 7.79. The van der Waals surface area contributed by atoms with E-state index in [9.17, 15) is 4.79 Å². The maximum Gasteiger partial charge on any atom is 0.275 e. The van der Waals surface area contributed by atoms with Crippen molar-refractivity contribution in [3.05, 3.63) is 46.7 Å². The predicted molar refractivity (Wildman–Crippen MR) is 99.3 cm³/mol. The van der Waals surface area contributed by atoms with E-state index in [1.54, 1.807) is 5.38 Å². The van der Waals surface area contributed by atoms with Crippen LogP contribution in [0.3, 0.4) is 0 Å². The number of amides is 1. The van der Waals surface area contributed by atoms with E-state index >= 15 is 0 Å². The third-order valence-electron chi connectivity index (χ3n) is 5.41. The van der Waals surface area contributed by atoms with E-state index < -0.39 is 0 Å². The van der Waals surface area contributed by atoms with Gasteiger partial charge in [0.2, 0.25) is 0 Å². The zero-order chi connectivity index (χ0) is 17.5. The smallest absolute Gasteiger partial charge is 0.275 e. The van der Waals surface area contributed by atoms with Crippen molar-refractivity contribution in [3.63, 3.8) is 0 Å². The van der Waals surface area contributed by atoms with Crippen LogP contribution in [0.5, 0.6) is 0 Å². The summed E-state index contributed by atoms with van der Waals surface area (Å²) in [6, 6.07) is 6.52. The molecule has 2 fully saturated rings. The van der Waals surface area contributed by atoms with Crippen molar-refractivity contribution >= 4 is 28.5 Å². The van der Waals surface area contributed by atoms with Crippen LogP contribution in [0.2, 0.25) is 0 Å². The Morgan fingerprint density at radius 1 is 1.12 bits per heavy atom. The van der Waals surface area contributed by atoms with Crippen LogP contribution in [-0.2, 0) is 0 Å². The second-order valence-electron chi connectivity index (χ2n) is 7.18. The number of carbonyl (C=O) groups is 1. The van der Waals surface area contributed by atoms with E-state index in [0.29, 0.717) is 17.5 Å². The number of rotatable bonds is 3. The molecule has 1 aliphatic carbocycles. The quantitative estimate of drug-likeness (QED) is 0.711. The molecule has 0 radical (unpaired) electrons. The van der Waals surface area contributed by atoms with Gasteiger partial charge in [-0.05, 0) is 66.9 Å². The number of piperidine rings is 1. The molecule has 3 aromatic rings. The molecular weight excluding hydrogens is 346 g/mol. The molecule has 0 atom stereocenters. The normalized spacial score (nSPS) is 18.4. The van der Waals surface area contributed by atoms with E-state index in [-0.39, 0.29) is 5.91 Å². The molecule has 7 heteroatoms. The third kappa shape index (κ3) is 2.96. The molecule has 26 heavy (non-hydrogen) atoms. The summed E-state index contributed by atoms with van der Waals surface area (Å²) < 4.78 is 3.78. The summed E-state index contributed by atoms with van der Waals surface area (Å²) in [5.74, 6) is 1.07. The van der Waals surface area contributed by atoms with Gasteiger partial charge < -0.3 is 4.90 Å². The summed E-state index contributed by atoms with van der Waals surface area (Å²) in [5, 5.41) is 6.72. The first-order valence-electron chi connectivity index (χ1n) is 9.11. The van der Waals surface area contributed by atoms with Gasteiger partial charge in [0.15, 0.2) is 11.3 Å². The molecule has 1 saturated heterocycles. The fourth-order valence-corrected chi connectivity index (χ4v) is 4.14. The van der Waals surface area contributed by atoms with Crippen LogP contribution in [0, 0.1) is 0 Å². The highest BCUT2D eigenvalue weighted by Crippen LogP contribution is 2.40. The highest BCUT2D eigenvalue weighted by molar-refractivity contribution is 7.03. The van der Waals surface area contributed by atoms with Crippen LogP contribution in [0.4, 0.5) is 0 Å². The van der Waals surface area contributed by atoms with Gasteiger partial charge in [-0.15, -0.1) is 5.10 Å². The summed E-state index contributed by atoms with van der Waals surface area (Å²) in [7, 11) is 0. The number of pyridine rings is 2. The largest absolute Gasteiger partial charge is 0.337 e. The lowest BCUT2D eigenvalue weighted by Crippen LogP contribution is -2.38.